The van der Waals surface area contributed by atoms with Gasteiger partial charge in [0.05, 0.1) is 13.2 Å². The second-order valence-corrected chi connectivity index (χ2v) is 7.96. The summed E-state index contributed by atoms with van der Waals surface area (Å²) in [6.45, 7) is 12.5. The summed E-state index contributed by atoms with van der Waals surface area (Å²) < 4.78 is 18.2. The van der Waals surface area contributed by atoms with Crippen LogP contribution in [0.3, 0.4) is 0 Å². The fourth-order valence-electron chi connectivity index (χ4n) is 3.18. The first-order valence-corrected chi connectivity index (χ1v) is 12.6. The lowest BCUT2D eigenvalue weighted by Gasteiger charge is -2.33. The van der Waals surface area contributed by atoms with Gasteiger partial charge in [-0.2, -0.15) is 4.89 Å². The van der Waals surface area contributed by atoms with Crippen molar-refractivity contribution in [1.82, 2.24) is 0 Å². The van der Waals surface area contributed by atoms with Crippen molar-refractivity contribution in [2.24, 2.45) is 0 Å². The third kappa shape index (κ3) is 14.1. The molecule has 0 rings (SSSR count). The molecular formula is C26H50O5. The van der Waals surface area contributed by atoms with E-state index in [9.17, 15) is 0 Å². The van der Waals surface area contributed by atoms with E-state index in [2.05, 4.69) is 45.9 Å². The molecule has 0 aliphatic carbocycles. The monoisotopic (exact) mass is 442 g/mol. The molecule has 5 nitrogen and oxygen atoms in total. The summed E-state index contributed by atoms with van der Waals surface area (Å²) in [4.78, 5) is 11.3. The molecule has 0 aromatic rings. The van der Waals surface area contributed by atoms with Crippen LogP contribution in [-0.2, 0) is 24.0 Å². The van der Waals surface area contributed by atoms with Gasteiger partial charge >= 0.3 is 0 Å². The molecule has 2 atom stereocenters. The lowest BCUT2D eigenvalue weighted by atomic mass is 10.0. The first kappa shape index (κ1) is 30.3. The van der Waals surface area contributed by atoms with Crippen molar-refractivity contribution >= 4 is 0 Å². The van der Waals surface area contributed by atoms with E-state index >= 15 is 0 Å². The predicted molar refractivity (Wildman–Crippen MR) is 129 cm³/mol. The van der Waals surface area contributed by atoms with Crippen LogP contribution in [0.15, 0.2) is 24.3 Å². The van der Waals surface area contributed by atoms with Crippen molar-refractivity contribution in [3.63, 3.8) is 0 Å². The third-order valence-corrected chi connectivity index (χ3v) is 5.04. The maximum absolute atomic E-state index is 6.22. The van der Waals surface area contributed by atoms with Gasteiger partial charge in [0.2, 0.25) is 5.79 Å². The third-order valence-electron chi connectivity index (χ3n) is 5.04. The zero-order valence-electron chi connectivity index (χ0n) is 21.3. The Balaban J connectivity index is 5.26. The van der Waals surface area contributed by atoms with Crippen LogP contribution < -0.4 is 0 Å². The molecule has 0 saturated heterocycles. The van der Waals surface area contributed by atoms with E-state index in [-0.39, 0.29) is 0 Å². The average Bonchev–Trinajstić information content (AvgIpc) is 2.78. The molecule has 0 aromatic heterocycles. The fraction of sp³-hybridized carbons (Fsp3) is 0.846. The molecule has 0 spiro atoms. The molecule has 5 heteroatoms. The maximum atomic E-state index is 6.22. The van der Waals surface area contributed by atoms with Gasteiger partial charge < -0.3 is 14.2 Å². The van der Waals surface area contributed by atoms with Crippen LogP contribution in [0, 0.1) is 0 Å². The smallest absolute Gasteiger partial charge is 0.220 e. The number of methoxy groups -OCH3 is 1. The number of hydrogen-bond acceptors (Lipinski definition) is 5. The van der Waals surface area contributed by atoms with Crippen LogP contribution in [0.4, 0.5) is 0 Å². The number of ether oxygens (including phenoxy) is 3. The van der Waals surface area contributed by atoms with Crippen molar-refractivity contribution < 1.29 is 24.0 Å². The van der Waals surface area contributed by atoms with E-state index < -0.39 is 11.6 Å². The van der Waals surface area contributed by atoms with Crippen LogP contribution in [0.1, 0.15) is 105 Å². The van der Waals surface area contributed by atoms with Crippen molar-refractivity contribution in [1.29, 1.82) is 0 Å². The summed E-state index contributed by atoms with van der Waals surface area (Å²) in [5.41, 5.74) is 0. The van der Waals surface area contributed by atoms with Gasteiger partial charge in [0, 0.05) is 26.6 Å². The molecule has 0 N–H and O–H groups in total. The summed E-state index contributed by atoms with van der Waals surface area (Å²) >= 11 is 0. The Kier molecular flexibility index (Phi) is 19.5. The van der Waals surface area contributed by atoms with E-state index in [4.69, 9.17) is 24.0 Å². The standard InChI is InChI=1S/C26H50O5/c1-7-12-15-17-20-26(28-11-5,29-23-10-4)22-18-21-25(27-6,19-16-13-8-2)31-30-24-14-9-3/h16-17,19-20H,7-15,18,21-24H2,1-6H3. The topological polar surface area (TPSA) is 46.2 Å². The van der Waals surface area contributed by atoms with Crippen molar-refractivity contribution in [3.05, 3.63) is 24.3 Å². The molecule has 0 aliphatic heterocycles. The maximum Gasteiger partial charge on any atom is 0.220 e. The van der Waals surface area contributed by atoms with Gasteiger partial charge in [-0.1, -0.05) is 65.5 Å². The number of allylic oxidation sites excluding steroid dienone is 2. The normalized spacial score (nSPS) is 16.2. The second-order valence-electron chi connectivity index (χ2n) is 7.96. The second kappa shape index (κ2) is 19.9. The summed E-state index contributed by atoms with van der Waals surface area (Å²) in [7, 11) is 1.67. The van der Waals surface area contributed by atoms with Crippen LogP contribution in [0.2, 0.25) is 0 Å². The highest BCUT2D eigenvalue weighted by atomic mass is 17.2. The summed E-state index contributed by atoms with van der Waals surface area (Å²) in [5, 5.41) is 0. The quantitative estimate of drug-likeness (QED) is 0.0570. The van der Waals surface area contributed by atoms with Crippen LogP contribution in [-0.4, -0.2) is 38.5 Å². The van der Waals surface area contributed by atoms with E-state index in [1.165, 1.54) is 12.8 Å². The number of hydrogen-bond donors (Lipinski definition) is 0. The molecule has 184 valence electrons. The zero-order valence-corrected chi connectivity index (χ0v) is 21.3. The molecule has 2 unspecified atom stereocenters. The lowest BCUT2D eigenvalue weighted by Crippen LogP contribution is -2.37. The van der Waals surface area contributed by atoms with Crippen molar-refractivity contribution in [3.8, 4) is 0 Å². The summed E-state index contributed by atoms with van der Waals surface area (Å²) in [5.74, 6) is -1.59. The molecule has 0 aromatic carbocycles. The number of rotatable bonds is 22. The first-order chi connectivity index (χ1) is 15.1. The van der Waals surface area contributed by atoms with Crippen LogP contribution >= 0.6 is 0 Å². The molecule has 31 heavy (non-hydrogen) atoms. The van der Waals surface area contributed by atoms with Gasteiger partial charge in [-0.3, -0.25) is 0 Å². The highest BCUT2D eigenvalue weighted by molar-refractivity contribution is 4.99. The molecule has 0 fully saturated rings. The van der Waals surface area contributed by atoms with Crippen LogP contribution in [0.5, 0.6) is 0 Å². The van der Waals surface area contributed by atoms with Crippen molar-refractivity contribution in [2.45, 2.75) is 117 Å². The highest BCUT2D eigenvalue weighted by Crippen LogP contribution is 2.29. The lowest BCUT2D eigenvalue weighted by molar-refractivity contribution is -0.410. The Morgan fingerprint density at radius 3 is 1.94 bits per heavy atom. The van der Waals surface area contributed by atoms with Gasteiger partial charge in [0.15, 0.2) is 5.79 Å². The average molecular weight is 443 g/mol. The Hall–Kier alpha value is -0.720. The van der Waals surface area contributed by atoms with Gasteiger partial charge in [-0.25, -0.2) is 4.89 Å². The van der Waals surface area contributed by atoms with Gasteiger partial charge in [-0.05, 0) is 51.2 Å². The Morgan fingerprint density at radius 2 is 1.32 bits per heavy atom. The summed E-state index contributed by atoms with van der Waals surface area (Å²) in [6, 6.07) is 0. The van der Waals surface area contributed by atoms with Crippen molar-refractivity contribution in [2.75, 3.05) is 26.9 Å². The van der Waals surface area contributed by atoms with Crippen LogP contribution in [0.25, 0.3) is 0 Å². The Morgan fingerprint density at radius 1 is 0.645 bits per heavy atom. The molecule has 0 bridgehead atoms. The zero-order chi connectivity index (χ0) is 23.3. The van der Waals surface area contributed by atoms with Gasteiger partial charge in [-0.15, -0.1) is 0 Å². The molecule has 0 aliphatic rings. The summed E-state index contributed by atoms with van der Waals surface area (Å²) in [6.07, 6.45) is 19.0. The van der Waals surface area contributed by atoms with Gasteiger partial charge in [0.25, 0.3) is 0 Å². The number of unbranched alkanes of at least 4 members (excludes halogenated alkanes) is 4. The largest absolute Gasteiger partial charge is 0.348 e. The molecule has 0 amide bonds. The Bertz CT molecular complexity index is 451. The first-order valence-electron chi connectivity index (χ1n) is 12.6. The van der Waals surface area contributed by atoms with E-state index in [1.807, 2.05) is 13.0 Å². The molecule has 0 heterocycles. The van der Waals surface area contributed by atoms with Gasteiger partial charge in [0.1, 0.15) is 0 Å². The minimum Gasteiger partial charge on any atom is -0.348 e. The Labute approximate surface area is 192 Å². The van der Waals surface area contributed by atoms with E-state index in [0.29, 0.717) is 26.2 Å². The predicted octanol–water partition coefficient (Wildman–Crippen LogP) is 7.51. The SMILES string of the molecule is CCCC=CC(CCCC(C=CCCCC)(OCC)OCCC)(OC)OOCCCC. The fourth-order valence-corrected chi connectivity index (χ4v) is 3.18. The molecule has 0 saturated carbocycles. The minimum absolute atomic E-state index is 0.561. The molecular weight excluding hydrogens is 392 g/mol. The highest BCUT2D eigenvalue weighted by Gasteiger charge is 2.33. The minimum atomic E-state index is -0.891. The molecule has 0 radical (unpaired) electrons. The van der Waals surface area contributed by atoms with E-state index in [0.717, 1.165) is 51.4 Å². The van der Waals surface area contributed by atoms with E-state index in [1.54, 1.807) is 7.11 Å².